The van der Waals surface area contributed by atoms with Gasteiger partial charge in [-0.3, -0.25) is 0 Å². The van der Waals surface area contributed by atoms with Crippen LogP contribution in [0.15, 0.2) is 18.2 Å². The molecular formula is C13H17F4NS. The van der Waals surface area contributed by atoms with Crippen LogP contribution in [0.1, 0.15) is 25.0 Å². The molecule has 1 aromatic rings. The number of halogens is 4. The van der Waals surface area contributed by atoms with Gasteiger partial charge in [0.25, 0.3) is 0 Å². The van der Waals surface area contributed by atoms with E-state index < -0.39 is 17.6 Å². The Morgan fingerprint density at radius 3 is 2.58 bits per heavy atom. The van der Waals surface area contributed by atoms with E-state index in [-0.39, 0.29) is 6.04 Å². The van der Waals surface area contributed by atoms with Gasteiger partial charge in [-0.05, 0) is 30.4 Å². The molecule has 1 atom stereocenters. The van der Waals surface area contributed by atoms with Crippen LogP contribution in [0.3, 0.4) is 0 Å². The summed E-state index contributed by atoms with van der Waals surface area (Å²) in [4.78, 5) is 0. The lowest BCUT2D eigenvalue weighted by Crippen LogP contribution is -2.27. The maximum Gasteiger partial charge on any atom is 0.419 e. The summed E-state index contributed by atoms with van der Waals surface area (Å²) in [6, 6.07) is 3.30. The van der Waals surface area contributed by atoms with Crippen LogP contribution in [0.25, 0.3) is 0 Å². The standard InChI is InChI=1S/C13H17F4NS/c1-3-19-8-9(2)18-7-10-4-5-12(14)11(6-10)13(15,16)17/h4-6,9,18H,3,7-8H2,1-2H3. The first-order valence-electron chi connectivity index (χ1n) is 6.01. The maximum atomic E-state index is 13.1. The fraction of sp³-hybridized carbons (Fsp3) is 0.538. The molecule has 0 aliphatic carbocycles. The summed E-state index contributed by atoms with van der Waals surface area (Å²) in [6.45, 7) is 4.32. The van der Waals surface area contributed by atoms with Crippen LogP contribution in [0.4, 0.5) is 17.6 Å². The third-order valence-electron chi connectivity index (χ3n) is 2.56. The van der Waals surface area contributed by atoms with Crippen molar-refractivity contribution in [3.8, 4) is 0 Å². The first kappa shape index (κ1) is 16.3. The highest BCUT2D eigenvalue weighted by Gasteiger charge is 2.34. The molecule has 0 heterocycles. The molecular weight excluding hydrogens is 278 g/mol. The van der Waals surface area contributed by atoms with Crippen molar-refractivity contribution >= 4 is 11.8 Å². The van der Waals surface area contributed by atoms with E-state index in [1.165, 1.54) is 6.07 Å². The molecule has 0 aromatic heterocycles. The molecule has 0 saturated carbocycles. The van der Waals surface area contributed by atoms with Crippen molar-refractivity contribution in [2.75, 3.05) is 11.5 Å². The Bertz CT molecular complexity index is 406. The van der Waals surface area contributed by atoms with Gasteiger partial charge in [-0.25, -0.2) is 4.39 Å². The van der Waals surface area contributed by atoms with Crippen molar-refractivity contribution in [2.45, 2.75) is 32.6 Å². The van der Waals surface area contributed by atoms with Gasteiger partial charge < -0.3 is 5.32 Å². The van der Waals surface area contributed by atoms with Gasteiger partial charge in [0.05, 0.1) is 5.56 Å². The molecule has 1 N–H and O–H groups in total. The fourth-order valence-corrected chi connectivity index (χ4v) is 2.25. The number of nitrogens with one attached hydrogen (secondary N) is 1. The maximum absolute atomic E-state index is 13.1. The van der Waals surface area contributed by atoms with Crippen molar-refractivity contribution in [3.63, 3.8) is 0 Å². The molecule has 0 radical (unpaired) electrons. The number of rotatable bonds is 6. The summed E-state index contributed by atoms with van der Waals surface area (Å²) in [5, 5.41) is 3.12. The summed E-state index contributed by atoms with van der Waals surface area (Å²) in [6.07, 6.45) is -4.65. The quantitative estimate of drug-likeness (QED) is 0.794. The van der Waals surface area contributed by atoms with Gasteiger partial charge in [-0.2, -0.15) is 24.9 Å². The molecule has 0 amide bonds. The van der Waals surface area contributed by atoms with Gasteiger partial charge in [-0.15, -0.1) is 0 Å². The smallest absolute Gasteiger partial charge is 0.309 e. The Balaban J connectivity index is 2.65. The third-order valence-corrected chi connectivity index (χ3v) is 3.71. The van der Waals surface area contributed by atoms with Crippen molar-refractivity contribution in [2.24, 2.45) is 0 Å². The zero-order valence-corrected chi connectivity index (χ0v) is 11.7. The molecule has 0 fully saturated rings. The predicted octanol–water partition coefficient (Wildman–Crippen LogP) is 4.08. The fourth-order valence-electron chi connectivity index (χ4n) is 1.55. The van der Waals surface area contributed by atoms with Crippen LogP contribution < -0.4 is 5.32 Å². The SMILES string of the molecule is CCSCC(C)NCc1ccc(F)c(C(F)(F)F)c1. The van der Waals surface area contributed by atoms with Gasteiger partial charge in [0, 0.05) is 18.3 Å². The van der Waals surface area contributed by atoms with E-state index in [1.54, 1.807) is 11.8 Å². The van der Waals surface area contributed by atoms with E-state index in [0.717, 1.165) is 23.6 Å². The van der Waals surface area contributed by atoms with Gasteiger partial charge in [0.15, 0.2) is 0 Å². The topological polar surface area (TPSA) is 12.0 Å². The minimum absolute atomic E-state index is 0.198. The molecule has 1 rings (SSSR count). The van der Waals surface area contributed by atoms with E-state index in [2.05, 4.69) is 5.32 Å². The highest BCUT2D eigenvalue weighted by atomic mass is 32.2. The molecule has 6 heteroatoms. The highest BCUT2D eigenvalue weighted by Crippen LogP contribution is 2.31. The van der Waals surface area contributed by atoms with Crippen LogP contribution in [0, 0.1) is 5.82 Å². The molecule has 1 nitrogen and oxygen atoms in total. The Kier molecular flexibility index (Phi) is 6.13. The Hall–Kier alpha value is -0.750. The second-order valence-electron chi connectivity index (χ2n) is 4.25. The Morgan fingerprint density at radius 2 is 2.00 bits per heavy atom. The molecule has 0 bridgehead atoms. The Morgan fingerprint density at radius 1 is 1.32 bits per heavy atom. The summed E-state index contributed by atoms with van der Waals surface area (Å²) >= 11 is 1.76. The molecule has 19 heavy (non-hydrogen) atoms. The second kappa shape index (κ2) is 7.14. The van der Waals surface area contributed by atoms with Crippen LogP contribution >= 0.6 is 11.8 Å². The van der Waals surface area contributed by atoms with Crippen LogP contribution in [-0.2, 0) is 12.7 Å². The number of benzene rings is 1. The van der Waals surface area contributed by atoms with Crippen molar-refractivity contribution in [1.29, 1.82) is 0 Å². The first-order valence-corrected chi connectivity index (χ1v) is 7.16. The van der Waals surface area contributed by atoms with Gasteiger partial charge in [0.1, 0.15) is 5.82 Å². The predicted molar refractivity (Wildman–Crippen MR) is 70.7 cm³/mol. The molecule has 0 spiro atoms. The highest BCUT2D eigenvalue weighted by molar-refractivity contribution is 7.99. The second-order valence-corrected chi connectivity index (χ2v) is 5.57. The summed E-state index contributed by atoms with van der Waals surface area (Å²) in [5.41, 5.74) is -0.774. The Labute approximate surface area is 114 Å². The van der Waals surface area contributed by atoms with Gasteiger partial charge in [0.2, 0.25) is 0 Å². The summed E-state index contributed by atoms with van der Waals surface area (Å²) in [5.74, 6) is 0.663. The number of hydrogen-bond acceptors (Lipinski definition) is 2. The van der Waals surface area contributed by atoms with Crippen LogP contribution in [-0.4, -0.2) is 17.5 Å². The minimum atomic E-state index is -4.65. The summed E-state index contributed by atoms with van der Waals surface area (Å²) in [7, 11) is 0. The van der Waals surface area contributed by atoms with Gasteiger partial charge >= 0.3 is 6.18 Å². The van der Waals surface area contributed by atoms with Crippen LogP contribution in [0.5, 0.6) is 0 Å². The van der Waals surface area contributed by atoms with E-state index in [9.17, 15) is 17.6 Å². The zero-order chi connectivity index (χ0) is 14.5. The minimum Gasteiger partial charge on any atom is -0.309 e. The lowest BCUT2D eigenvalue weighted by atomic mass is 10.1. The molecule has 0 saturated heterocycles. The molecule has 0 aliphatic rings. The average molecular weight is 295 g/mol. The number of hydrogen-bond donors (Lipinski definition) is 1. The molecule has 108 valence electrons. The lowest BCUT2D eigenvalue weighted by Gasteiger charge is -2.14. The number of alkyl halides is 3. The largest absolute Gasteiger partial charge is 0.419 e. The lowest BCUT2D eigenvalue weighted by molar-refractivity contribution is -0.140. The van der Waals surface area contributed by atoms with Crippen molar-refractivity contribution in [1.82, 2.24) is 5.32 Å². The third kappa shape index (κ3) is 5.40. The number of thioether (sulfide) groups is 1. The van der Waals surface area contributed by atoms with Crippen molar-refractivity contribution < 1.29 is 17.6 Å². The molecule has 1 unspecified atom stereocenters. The van der Waals surface area contributed by atoms with E-state index >= 15 is 0 Å². The van der Waals surface area contributed by atoms with Crippen molar-refractivity contribution in [3.05, 3.63) is 35.1 Å². The molecule has 1 aromatic carbocycles. The van der Waals surface area contributed by atoms with E-state index in [4.69, 9.17) is 0 Å². The average Bonchev–Trinajstić information content (AvgIpc) is 2.34. The first-order chi connectivity index (χ1) is 8.84. The zero-order valence-electron chi connectivity index (χ0n) is 10.9. The normalized spacial score (nSPS) is 13.6. The monoisotopic (exact) mass is 295 g/mol. The van der Waals surface area contributed by atoms with Gasteiger partial charge in [-0.1, -0.05) is 13.0 Å². The van der Waals surface area contributed by atoms with Crippen LogP contribution in [0.2, 0.25) is 0 Å². The summed E-state index contributed by atoms with van der Waals surface area (Å²) < 4.78 is 50.7. The van der Waals surface area contributed by atoms with E-state index in [1.807, 2.05) is 13.8 Å². The van der Waals surface area contributed by atoms with E-state index in [0.29, 0.717) is 12.1 Å². The molecule has 0 aliphatic heterocycles.